The second-order valence-corrected chi connectivity index (χ2v) is 8.24. The summed E-state index contributed by atoms with van der Waals surface area (Å²) in [5.41, 5.74) is 5.95. The van der Waals surface area contributed by atoms with Crippen LogP contribution < -0.4 is 26.2 Å². The third-order valence-corrected chi connectivity index (χ3v) is 4.61. The summed E-state index contributed by atoms with van der Waals surface area (Å²) in [5, 5.41) is 5.19. The van der Waals surface area contributed by atoms with Gasteiger partial charge in [-0.2, -0.15) is 12.6 Å². The molecule has 2 aromatic rings. The number of hydrogen-bond acceptors (Lipinski definition) is 6. The number of Topliss-reactive ketones (excluding diaryl/α,β-unsaturated/α-hetero) is 1. The highest BCUT2D eigenvalue weighted by atomic mass is 79.9. The maximum Gasteiger partial charge on any atom is 0.573 e. The van der Waals surface area contributed by atoms with Crippen molar-refractivity contribution in [3.8, 4) is 5.75 Å². The van der Waals surface area contributed by atoms with Crippen molar-refractivity contribution in [3.05, 3.63) is 53.0 Å². The molecule has 0 saturated carbocycles. The molecule has 0 aliphatic heterocycles. The number of thiocarbonyl (C=S) groups is 1. The summed E-state index contributed by atoms with van der Waals surface area (Å²) in [7, 11) is 0. The molecular formula is C19H18BrF3N4O3S2. The first-order chi connectivity index (χ1) is 15.0. The Bertz CT molecular complexity index is 962. The molecule has 2 rings (SSSR count). The van der Waals surface area contributed by atoms with Gasteiger partial charge in [0.15, 0.2) is 5.11 Å². The Kier molecular flexibility index (Phi) is 9.60. The minimum Gasteiger partial charge on any atom is -0.406 e. The van der Waals surface area contributed by atoms with Gasteiger partial charge in [0.05, 0.1) is 11.8 Å². The molecule has 0 aromatic heterocycles. The lowest BCUT2D eigenvalue weighted by Gasteiger charge is -2.15. The third kappa shape index (κ3) is 10.2. The van der Waals surface area contributed by atoms with Crippen molar-refractivity contribution in [1.29, 1.82) is 0 Å². The zero-order valence-corrected chi connectivity index (χ0v) is 19.5. The van der Waals surface area contributed by atoms with Crippen LogP contribution in [0.25, 0.3) is 0 Å². The lowest BCUT2D eigenvalue weighted by molar-refractivity contribution is -0.274. The molecule has 13 heteroatoms. The number of benzene rings is 2. The Hall–Kier alpha value is -2.51. The summed E-state index contributed by atoms with van der Waals surface area (Å²) in [6.07, 6.45) is -5.29. The third-order valence-electron chi connectivity index (χ3n) is 3.60. The monoisotopic (exact) mass is 550 g/mol. The Morgan fingerprint density at radius 1 is 1.09 bits per heavy atom. The topological polar surface area (TPSA) is 91.5 Å². The largest absolute Gasteiger partial charge is 0.573 e. The summed E-state index contributed by atoms with van der Waals surface area (Å²) in [6, 6.07) is 12.2. The van der Waals surface area contributed by atoms with E-state index in [1.807, 2.05) is 6.07 Å². The highest BCUT2D eigenvalue weighted by molar-refractivity contribution is 9.10. The van der Waals surface area contributed by atoms with E-state index in [0.29, 0.717) is 11.4 Å². The average molecular weight is 551 g/mol. The van der Waals surface area contributed by atoms with E-state index in [1.165, 1.54) is 12.1 Å². The van der Waals surface area contributed by atoms with Crippen molar-refractivity contribution in [3.63, 3.8) is 0 Å². The van der Waals surface area contributed by atoms with E-state index < -0.39 is 29.8 Å². The Morgan fingerprint density at radius 2 is 1.78 bits per heavy atom. The number of anilines is 2. The van der Waals surface area contributed by atoms with Gasteiger partial charge in [-0.3, -0.25) is 20.4 Å². The van der Waals surface area contributed by atoms with Gasteiger partial charge in [0.25, 0.3) is 0 Å². The molecule has 0 bridgehead atoms. The van der Waals surface area contributed by atoms with E-state index in [4.69, 9.17) is 12.2 Å². The molecule has 1 unspecified atom stereocenters. The maximum absolute atomic E-state index is 12.2. The molecule has 172 valence electrons. The van der Waals surface area contributed by atoms with Crippen LogP contribution in [0.2, 0.25) is 0 Å². The fourth-order valence-electron chi connectivity index (χ4n) is 2.36. The first-order valence-electron chi connectivity index (χ1n) is 8.94. The quantitative estimate of drug-likeness (QED) is 0.109. The van der Waals surface area contributed by atoms with Crippen LogP contribution in [-0.2, 0) is 9.59 Å². The average Bonchev–Trinajstić information content (AvgIpc) is 2.66. The van der Waals surface area contributed by atoms with Gasteiger partial charge in [0, 0.05) is 22.3 Å². The van der Waals surface area contributed by atoms with Crippen LogP contribution in [0.15, 0.2) is 53.0 Å². The lowest BCUT2D eigenvalue weighted by atomic mass is 10.2. The molecule has 4 N–H and O–H groups in total. The summed E-state index contributed by atoms with van der Waals surface area (Å²) >= 11 is 12.6. The summed E-state index contributed by atoms with van der Waals surface area (Å²) in [5.74, 6) is -1.37. The summed E-state index contributed by atoms with van der Waals surface area (Å²) in [4.78, 5) is 24.0. The first-order valence-corrected chi connectivity index (χ1v) is 10.7. The second kappa shape index (κ2) is 11.9. The molecule has 1 amide bonds. The number of thiol groups is 1. The number of alkyl halides is 3. The fourth-order valence-corrected chi connectivity index (χ4v) is 3.28. The number of carbonyl (C=O) groups is 2. The minimum atomic E-state index is -4.78. The molecule has 0 heterocycles. The van der Waals surface area contributed by atoms with Gasteiger partial charge >= 0.3 is 6.36 Å². The Morgan fingerprint density at radius 3 is 2.41 bits per heavy atom. The number of hydrogen-bond donors (Lipinski definition) is 5. The highest BCUT2D eigenvalue weighted by Gasteiger charge is 2.31. The van der Waals surface area contributed by atoms with Gasteiger partial charge < -0.3 is 15.4 Å². The van der Waals surface area contributed by atoms with Gasteiger partial charge in [0.2, 0.25) is 5.91 Å². The van der Waals surface area contributed by atoms with E-state index in [1.54, 1.807) is 18.2 Å². The van der Waals surface area contributed by atoms with Crippen molar-refractivity contribution in [2.24, 2.45) is 0 Å². The number of rotatable bonds is 8. The van der Waals surface area contributed by atoms with Crippen LogP contribution in [0.5, 0.6) is 5.75 Å². The molecule has 7 nitrogen and oxygen atoms in total. The van der Waals surface area contributed by atoms with E-state index in [9.17, 15) is 22.8 Å². The summed E-state index contributed by atoms with van der Waals surface area (Å²) in [6.45, 7) is 0. The van der Waals surface area contributed by atoms with E-state index in [0.717, 1.165) is 16.6 Å². The van der Waals surface area contributed by atoms with E-state index in [2.05, 4.69) is 54.8 Å². The maximum atomic E-state index is 12.2. The predicted molar refractivity (Wildman–Crippen MR) is 125 cm³/mol. The van der Waals surface area contributed by atoms with Crippen molar-refractivity contribution in [2.45, 2.75) is 24.6 Å². The number of hydrazine groups is 1. The van der Waals surface area contributed by atoms with Crippen LogP contribution in [0, 0.1) is 0 Å². The molecule has 0 aliphatic carbocycles. The standard InChI is InChI=1S/C19H18BrF3N4O3S2/c20-11-2-1-3-13(8-11)25-18(32)27-26-16(29)9-14(28)10-17(31)24-12-4-6-15(7-5-12)30-19(21,22)23/h1-8,17,24,31H,9-10H2,(H,26,29)(H2,25,27,32). The first kappa shape index (κ1) is 25.7. The van der Waals surface area contributed by atoms with Crippen molar-refractivity contribution in [2.75, 3.05) is 10.6 Å². The number of amides is 1. The van der Waals surface area contributed by atoms with Gasteiger partial charge in [-0.25, -0.2) is 0 Å². The number of nitrogens with one attached hydrogen (secondary N) is 4. The van der Waals surface area contributed by atoms with Gasteiger partial charge in [0.1, 0.15) is 11.5 Å². The molecule has 0 saturated heterocycles. The van der Waals surface area contributed by atoms with Gasteiger partial charge in [-0.1, -0.05) is 22.0 Å². The molecule has 0 radical (unpaired) electrons. The van der Waals surface area contributed by atoms with Gasteiger partial charge in [-0.15, -0.1) is 13.2 Å². The lowest BCUT2D eigenvalue weighted by Crippen LogP contribution is -2.44. The Balaban J connectivity index is 1.70. The number of ether oxygens (including phenoxy) is 1. The van der Waals surface area contributed by atoms with Crippen LogP contribution in [0.4, 0.5) is 24.5 Å². The molecule has 32 heavy (non-hydrogen) atoms. The number of halogens is 4. The second-order valence-electron chi connectivity index (χ2n) is 6.29. The van der Waals surface area contributed by atoms with Gasteiger partial charge in [-0.05, 0) is 54.7 Å². The summed E-state index contributed by atoms with van der Waals surface area (Å²) < 4.78 is 41.2. The van der Waals surface area contributed by atoms with Crippen LogP contribution in [0.3, 0.4) is 0 Å². The number of carbonyl (C=O) groups excluding carboxylic acids is 2. The molecule has 0 spiro atoms. The SMILES string of the molecule is O=C(CC(=O)NNC(=S)Nc1cccc(Br)c1)CC(S)Nc1ccc(OC(F)(F)F)cc1. The molecule has 2 aromatic carbocycles. The molecule has 0 fully saturated rings. The molecule has 1 atom stereocenters. The normalized spacial score (nSPS) is 11.8. The van der Waals surface area contributed by atoms with Crippen molar-refractivity contribution < 1.29 is 27.5 Å². The van der Waals surface area contributed by atoms with E-state index in [-0.39, 0.29) is 17.3 Å². The van der Waals surface area contributed by atoms with Crippen molar-refractivity contribution >= 4 is 69.0 Å². The minimum absolute atomic E-state index is 0.0991. The zero-order valence-electron chi connectivity index (χ0n) is 16.2. The smallest absolute Gasteiger partial charge is 0.406 e. The fraction of sp³-hybridized carbons (Fsp3) is 0.211. The van der Waals surface area contributed by atoms with Crippen LogP contribution in [0.1, 0.15) is 12.8 Å². The van der Waals surface area contributed by atoms with E-state index >= 15 is 0 Å². The molecule has 0 aliphatic rings. The number of ketones is 1. The highest BCUT2D eigenvalue weighted by Crippen LogP contribution is 2.24. The van der Waals surface area contributed by atoms with Crippen LogP contribution in [-0.4, -0.2) is 28.5 Å². The zero-order chi connectivity index (χ0) is 23.7. The van der Waals surface area contributed by atoms with Crippen LogP contribution >= 0.6 is 40.8 Å². The predicted octanol–water partition coefficient (Wildman–Crippen LogP) is 4.38. The Labute approximate surface area is 201 Å². The van der Waals surface area contributed by atoms with Crippen molar-refractivity contribution in [1.82, 2.24) is 10.9 Å². The molecular weight excluding hydrogens is 533 g/mol.